The molecule has 7 nitrogen and oxygen atoms in total. The lowest BCUT2D eigenvalue weighted by molar-refractivity contribution is 0.0712. The Morgan fingerprint density at radius 1 is 0.971 bits per heavy atom. The summed E-state index contributed by atoms with van der Waals surface area (Å²) in [6.45, 7) is 4.95. The van der Waals surface area contributed by atoms with Gasteiger partial charge in [-0.3, -0.25) is 4.79 Å². The van der Waals surface area contributed by atoms with Crippen molar-refractivity contribution in [2.75, 3.05) is 0 Å². The standard InChI is InChI=1S/C27H29N3O4S/c1-21(2)17-30-24(16-28-27(30)35(32,33)20-22-10-5-3-6-11-22)18-29(19-25-14-9-15-34-25)26(31)23-12-7-4-8-13-23/h3-16,21H,17-20H2,1-2H3. The third-order valence-electron chi connectivity index (χ3n) is 5.51. The molecule has 2 aromatic heterocycles. The maximum Gasteiger partial charge on any atom is 0.254 e. The molecule has 0 unspecified atom stereocenters. The van der Waals surface area contributed by atoms with Gasteiger partial charge in [-0.05, 0) is 35.7 Å². The van der Waals surface area contributed by atoms with Crippen molar-refractivity contribution >= 4 is 15.7 Å². The number of furan rings is 1. The number of hydrogen-bond donors (Lipinski definition) is 0. The number of aromatic nitrogens is 2. The van der Waals surface area contributed by atoms with Gasteiger partial charge in [0, 0.05) is 12.1 Å². The molecule has 0 atom stereocenters. The number of rotatable bonds is 10. The van der Waals surface area contributed by atoms with Crippen molar-refractivity contribution in [1.82, 2.24) is 14.5 Å². The smallest absolute Gasteiger partial charge is 0.254 e. The van der Waals surface area contributed by atoms with Crippen LogP contribution in [-0.4, -0.2) is 28.8 Å². The predicted octanol–water partition coefficient (Wildman–Crippen LogP) is 4.95. The quantitative estimate of drug-likeness (QED) is 0.313. The Labute approximate surface area is 206 Å². The molecule has 8 heteroatoms. The second-order valence-corrected chi connectivity index (χ2v) is 10.8. The number of carbonyl (C=O) groups is 1. The van der Waals surface area contributed by atoms with E-state index in [-0.39, 0.29) is 35.8 Å². The van der Waals surface area contributed by atoms with E-state index >= 15 is 0 Å². The van der Waals surface area contributed by atoms with Gasteiger partial charge >= 0.3 is 0 Å². The van der Waals surface area contributed by atoms with Crippen molar-refractivity contribution in [3.05, 3.63) is 108 Å². The molecule has 0 aliphatic rings. The van der Waals surface area contributed by atoms with Gasteiger partial charge in [-0.1, -0.05) is 62.4 Å². The summed E-state index contributed by atoms with van der Waals surface area (Å²) in [5.41, 5.74) is 1.90. The van der Waals surface area contributed by atoms with Crippen LogP contribution in [0, 0.1) is 5.92 Å². The van der Waals surface area contributed by atoms with Crippen LogP contribution in [0.4, 0.5) is 0 Å². The molecule has 1 amide bonds. The van der Waals surface area contributed by atoms with Gasteiger partial charge in [0.15, 0.2) is 0 Å². The Bertz CT molecular complexity index is 1350. The molecule has 4 rings (SSSR count). The third-order valence-corrected chi connectivity index (χ3v) is 7.11. The van der Waals surface area contributed by atoms with E-state index in [4.69, 9.17) is 4.42 Å². The maximum atomic E-state index is 13.4. The molecule has 2 aromatic carbocycles. The van der Waals surface area contributed by atoms with E-state index < -0.39 is 9.84 Å². The lowest BCUT2D eigenvalue weighted by Gasteiger charge is -2.23. The van der Waals surface area contributed by atoms with E-state index in [2.05, 4.69) is 4.98 Å². The molecule has 0 spiro atoms. The van der Waals surface area contributed by atoms with Crippen molar-refractivity contribution in [2.24, 2.45) is 5.92 Å². The molecular formula is C27H29N3O4S. The number of hydrogen-bond acceptors (Lipinski definition) is 5. The van der Waals surface area contributed by atoms with E-state index in [1.807, 2.05) is 56.3 Å². The summed E-state index contributed by atoms with van der Waals surface area (Å²) in [5.74, 6) is 0.507. The first-order valence-corrected chi connectivity index (χ1v) is 13.2. The Hall–Kier alpha value is -3.65. The molecule has 0 aliphatic heterocycles. The topological polar surface area (TPSA) is 85.4 Å². The summed E-state index contributed by atoms with van der Waals surface area (Å²) < 4.78 is 33.9. The van der Waals surface area contributed by atoms with Crippen molar-refractivity contribution in [1.29, 1.82) is 0 Å². The number of nitrogens with zero attached hydrogens (tertiary/aromatic N) is 3. The van der Waals surface area contributed by atoms with E-state index in [9.17, 15) is 13.2 Å². The highest BCUT2D eigenvalue weighted by molar-refractivity contribution is 7.90. The minimum absolute atomic E-state index is 0.0233. The van der Waals surface area contributed by atoms with E-state index in [0.29, 0.717) is 29.1 Å². The highest BCUT2D eigenvalue weighted by Crippen LogP contribution is 2.22. The summed E-state index contributed by atoms with van der Waals surface area (Å²) in [7, 11) is -3.70. The second-order valence-electron chi connectivity index (χ2n) is 8.89. The number of amides is 1. The monoisotopic (exact) mass is 491 g/mol. The Balaban J connectivity index is 1.68. The fraction of sp³-hybridized carbons (Fsp3) is 0.259. The van der Waals surface area contributed by atoms with Gasteiger partial charge < -0.3 is 13.9 Å². The lowest BCUT2D eigenvalue weighted by Crippen LogP contribution is -2.31. The van der Waals surface area contributed by atoms with Gasteiger partial charge in [-0.15, -0.1) is 0 Å². The zero-order chi connectivity index (χ0) is 24.8. The van der Waals surface area contributed by atoms with Gasteiger partial charge in [0.2, 0.25) is 15.0 Å². The van der Waals surface area contributed by atoms with E-state index in [1.165, 1.54) is 0 Å². The molecule has 0 fully saturated rings. The number of sulfone groups is 1. The Morgan fingerprint density at radius 2 is 1.66 bits per heavy atom. The Kier molecular flexibility index (Phi) is 7.51. The second kappa shape index (κ2) is 10.7. The normalized spacial score (nSPS) is 11.6. The van der Waals surface area contributed by atoms with Crippen LogP contribution in [0.15, 0.2) is 94.8 Å². The number of benzene rings is 2. The number of imidazole rings is 1. The molecule has 0 bridgehead atoms. The largest absolute Gasteiger partial charge is 0.467 e. The van der Waals surface area contributed by atoms with Gasteiger partial charge in [0.05, 0.1) is 37.0 Å². The molecule has 182 valence electrons. The van der Waals surface area contributed by atoms with Gasteiger partial charge in [0.1, 0.15) is 5.76 Å². The average molecular weight is 492 g/mol. The average Bonchev–Trinajstić information content (AvgIpc) is 3.49. The van der Waals surface area contributed by atoms with Crippen LogP contribution in [0.2, 0.25) is 0 Å². The lowest BCUT2D eigenvalue weighted by atomic mass is 10.2. The third kappa shape index (κ3) is 6.08. The van der Waals surface area contributed by atoms with Crippen LogP contribution in [0.5, 0.6) is 0 Å². The summed E-state index contributed by atoms with van der Waals surface area (Å²) in [5, 5.41) is 0.0233. The van der Waals surface area contributed by atoms with Gasteiger partial charge in [-0.25, -0.2) is 13.4 Å². The molecule has 0 aliphatic carbocycles. The van der Waals surface area contributed by atoms with E-state index in [1.54, 1.807) is 52.3 Å². The van der Waals surface area contributed by atoms with Gasteiger partial charge in [0.25, 0.3) is 5.91 Å². The van der Waals surface area contributed by atoms with E-state index in [0.717, 1.165) is 0 Å². The predicted molar refractivity (Wildman–Crippen MR) is 133 cm³/mol. The zero-order valence-electron chi connectivity index (χ0n) is 19.9. The minimum atomic E-state index is -3.70. The fourth-order valence-corrected chi connectivity index (χ4v) is 5.44. The number of carbonyl (C=O) groups excluding carboxylic acids is 1. The minimum Gasteiger partial charge on any atom is -0.467 e. The summed E-state index contributed by atoms with van der Waals surface area (Å²) in [4.78, 5) is 19.4. The highest BCUT2D eigenvalue weighted by atomic mass is 32.2. The fourth-order valence-electron chi connectivity index (χ4n) is 3.93. The molecule has 0 radical (unpaired) electrons. The molecule has 0 N–H and O–H groups in total. The van der Waals surface area contributed by atoms with Crippen LogP contribution in [-0.2, 0) is 35.2 Å². The van der Waals surface area contributed by atoms with Crippen LogP contribution in [0.3, 0.4) is 0 Å². The van der Waals surface area contributed by atoms with Crippen LogP contribution in [0.1, 0.15) is 41.2 Å². The first-order chi connectivity index (χ1) is 16.8. The molecule has 2 heterocycles. The Morgan fingerprint density at radius 3 is 2.29 bits per heavy atom. The first kappa shape index (κ1) is 24.5. The molecule has 4 aromatic rings. The maximum absolute atomic E-state index is 13.4. The SMILES string of the molecule is CC(C)Cn1c(CN(Cc2ccco2)C(=O)c2ccccc2)cnc1S(=O)(=O)Cc1ccccc1. The van der Waals surface area contributed by atoms with Crippen molar-refractivity contribution in [3.8, 4) is 0 Å². The summed E-state index contributed by atoms with van der Waals surface area (Å²) in [6, 6.07) is 21.7. The van der Waals surface area contributed by atoms with Crippen molar-refractivity contribution < 1.29 is 17.6 Å². The molecule has 0 saturated carbocycles. The van der Waals surface area contributed by atoms with Crippen LogP contribution in [0.25, 0.3) is 0 Å². The van der Waals surface area contributed by atoms with Crippen LogP contribution < -0.4 is 0 Å². The van der Waals surface area contributed by atoms with Crippen LogP contribution >= 0.6 is 0 Å². The van der Waals surface area contributed by atoms with Crippen molar-refractivity contribution in [3.63, 3.8) is 0 Å². The summed E-state index contributed by atoms with van der Waals surface area (Å²) in [6.07, 6.45) is 3.13. The first-order valence-electron chi connectivity index (χ1n) is 11.5. The van der Waals surface area contributed by atoms with Crippen molar-refractivity contribution in [2.45, 2.75) is 44.4 Å². The molecular weight excluding hydrogens is 462 g/mol. The van der Waals surface area contributed by atoms with Gasteiger partial charge in [-0.2, -0.15) is 0 Å². The molecule has 0 saturated heterocycles. The zero-order valence-corrected chi connectivity index (χ0v) is 20.7. The molecule has 35 heavy (non-hydrogen) atoms. The summed E-state index contributed by atoms with van der Waals surface area (Å²) >= 11 is 0. The highest BCUT2D eigenvalue weighted by Gasteiger charge is 2.26.